The number of nitrogens with one attached hydrogen (secondary N) is 1. The summed E-state index contributed by atoms with van der Waals surface area (Å²) in [5.41, 5.74) is 4.79. The highest BCUT2D eigenvalue weighted by Gasteiger charge is 2.21. The van der Waals surface area contributed by atoms with Gasteiger partial charge in [-0.2, -0.15) is 9.46 Å². The van der Waals surface area contributed by atoms with Gasteiger partial charge in [-0.25, -0.2) is 13.9 Å². The highest BCUT2D eigenvalue weighted by atomic mass is 32.2. The summed E-state index contributed by atoms with van der Waals surface area (Å²) in [5.74, 6) is 2.09. The number of benzene rings is 1. The van der Waals surface area contributed by atoms with E-state index in [1.807, 2.05) is 50.6 Å². The molecule has 11 heteroatoms. The second-order valence-electron chi connectivity index (χ2n) is 10.1. The second-order valence-corrected chi connectivity index (χ2v) is 13.0. The van der Waals surface area contributed by atoms with Gasteiger partial charge in [-0.3, -0.25) is 15.1 Å². The van der Waals surface area contributed by atoms with E-state index < -0.39 is 9.73 Å². The maximum Gasteiger partial charge on any atom is 0.258 e. The lowest BCUT2D eigenvalue weighted by Crippen LogP contribution is -2.18. The summed E-state index contributed by atoms with van der Waals surface area (Å²) in [6.07, 6.45) is 3.48. The zero-order valence-electron chi connectivity index (χ0n) is 23.1. The van der Waals surface area contributed by atoms with Crippen molar-refractivity contribution in [1.29, 1.82) is 0 Å². The summed E-state index contributed by atoms with van der Waals surface area (Å²) in [5, 5.41) is 7.41. The van der Waals surface area contributed by atoms with E-state index >= 15 is 0 Å². The molecule has 1 aliphatic heterocycles. The van der Waals surface area contributed by atoms with Crippen molar-refractivity contribution in [2.24, 2.45) is 17.3 Å². The van der Waals surface area contributed by atoms with Gasteiger partial charge in [-0.1, -0.05) is 20.8 Å². The number of amides is 1. The SMILES string of the molecule is CCS(=O)(CC)=Nc1ccc2nc3n(c2c1)CC(C)CCCOc1c(cnn1C)-c1cc(cc(C)n1)C(=O)N3. The number of hydrogen-bond donors (Lipinski definition) is 1. The topological polar surface area (TPSA) is 116 Å². The standard InChI is InChI=1S/C28H35N7O3S/c1-6-39(37,7-2)33-21-10-11-23-25(15-21)35-17-18(3)9-8-12-38-27-22(16-29-34(27)5)24-14-20(13-19(4)30-24)26(36)32-28(35)31-23/h10-11,13-16,18H,6-9,12,17H2,1-5H3,(H,31,32,36). The number of fused-ring (bicyclic) bond motifs is 7. The first-order valence-electron chi connectivity index (χ1n) is 13.4. The number of rotatable bonds is 3. The van der Waals surface area contributed by atoms with Crippen LogP contribution < -0.4 is 10.1 Å². The summed E-state index contributed by atoms with van der Waals surface area (Å²) in [4.78, 5) is 23.0. The number of aromatic nitrogens is 5. The average Bonchev–Trinajstić information content (AvgIpc) is 3.45. The molecule has 4 aromatic rings. The molecule has 0 spiro atoms. The van der Waals surface area contributed by atoms with Crippen LogP contribution in [0.2, 0.25) is 0 Å². The van der Waals surface area contributed by atoms with Crippen molar-refractivity contribution in [3.8, 4) is 17.1 Å². The Morgan fingerprint density at radius 1 is 1.18 bits per heavy atom. The zero-order chi connectivity index (χ0) is 27.7. The molecule has 0 radical (unpaired) electrons. The first kappa shape index (κ1) is 26.9. The van der Waals surface area contributed by atoms with Crippen LogP contribution in [0.5, 0.6) is 5.88 Å². The maximum atomic E-state index is 13.5. The molecule has 1 atom stereocenters. The number of pyridine rings is 1. The van der Waals surface area contributed by atoms with Gasteiger partial charge >= 0.3 is 0 Å². The van der Waals surface area contributed by atoms with Crippen molar-refractivity contribution in [2.45, 2.75) is 47.1 Å². The van der Waals surface area contributed by atoms with E-state index in [2.05, 4.69) is 26.7 Å². The van der Waals surface area contributed by atoms with Crippen LogP contribution in [0.4, 0.5) is 11.6 Å². The lowest BCUT2D eigenvalue weighted by Gasteiger charge is -2.16. The fourth-order valence-electron chi connectivity index (χ4n) is 4.86. The Bertz CT molecular complexity index is 1650. The molecule has 1 aliphatic rings. The molecule has 0 saturated carbocycles. The lowest BCUT2D eigenvalue weighted by molar-refractivity contribution is 0.102. The van der Waals surface area contributed by atoms with Gasteiger partial charge in [-0.05, 0) is 56.0 Å². The Morgan fingerprint density at radius 2 is 1.97 bits per heavy atom. The molecule has 0 fully saturated rings. The van der Waals surface area contributed by atoms with Crippen LogP contribution in [0.3, 0.4) is 0 Å². The van der Waals surface area contributed by atoms with Crippen molar-refractivity contribution in [2.75, 3.05) is 23.4 Å². The average molecular weight is 550 g/mol. The normalized spacial score (nSPS) is 16.4. The molecule has 206 valence electrons. The number of nitrogens with zero attached hydrogens (tertiary/aromatic N) is 6. The Labute approximate surface area is 229 Å². The van der Waals surface area contributed by atoms with Crippen LogP contribution in [0.25, 0.3) is 22.3 Å². The van der Waals surface area contributed by atoms with Crippen LogP contribution in [0.15, 0.2) is 40.9 Å². The molecular weight excluding hydrogens is 514 g/mol. The Balaban J connectivity index is 1.61. The summed E-state index contributed by atoms with van der Waals surface area (Å²) >= 11 is 0. The van der Waals surface area contributed by atoms with Crippen molar-refractivity contribution >= 4 is 38.3 Å². The smallest absolute Gasteiger partial charge is 0.258 e. The molecule has 39 heavy (non-hydrogen) atoms. The van der Waals surface area contributed by atoms with E-state index in [0.717, 1.165) is 29.4 Å². The Morgan fingerprint density at radius 3 is 2.74 bits per heavy atom. The van der Waals surface area contributed by atoms with Crippen LogP contribution in [0, 0.1) is 12.8 Å². The number of hydrogen-bond acceptors (Lipinski definition) is 7. The van der Waals surface area contributed by atoms with Crippen LogP contribution in [-0.2, 0) is 23.3 Å². The van der Waals surface area contributed by atoms with E-state index in [4.69, 9.17) is 9.72 Å². The Kier molecular flexibility index (Phi) is 7.44. The van der Waals surface area contributed by atoms with Crippen molar-refractivity contribution in [1.82, 2.24) is 24.3 Å². The molecular formula is C28H35N7O3S. The minimum atomic E-state index is -2.31. The quantitative estimate of drug-likeness (QED) is 0.369. The number of aryl methyl sites for hydroxylation is 2. The molecule has 4 heterocycles. The van der Waals surface area contributed by atoms with E-state index in [9.17, 15) is 9.00 Å². The first-order valence-corrected chi connectivity index (χ1v) is 15.2. The van der Waals surface area contributed by atoms with Crippen molar-refractivity contribution in [3.05, 3.63) is 47.8 Å². The summed E-state index contributed by atoms with van der Waals surface area (Å²) in [6.45, 7) is 9.01. The van der Waals surface area contributed by atoms with E-state index in [-0.39, 0.29) is 11.8 Å². The fraction of sp³-hybridized carbons (Fsp3) is 0.429. The molecule has 10 nitrogen and oxygen atoms in total. The van der Waals surface area contributed by atoms with Gasteiger partial charge in [-0.15, -0.1) is 0 Å². The third-order valence-electron chi connectivity index (χ3n) is 7.08. The first-order chi connectivity index (χ1) is 18.7. The molecule has 5 rings (SSSR count). The number of imidazole rings is 1. The van der Waals surface area contributed by atoms with Gasteiger partial charge in [0.15, 0.2) is 0 Å². The number of carbonyl (C=O) groups is 1. The number of anilines is 1. The van der Waals surface area contributed by atoms with Gasteiger partial charge in [0.25, 0.3) is 5.91 Å². The molecule has 3 aromatic heterocycles. The second kappa shape index (κ2) is 10.8. The van der Waals surface area contributed by atoms with E-state index in [1.165, 1.54) is 0 Å². The molecule has 1 aromatic carbocycles. The Hall–Kier alpha value is -3.73. The summed E-state index contributed by atoms with van der Waals surface area (Å²) < 4.78 is 27.5. The van der Waals surface area contributed by atoms with Crippen LogP contribution in [0.1, 0.15) is 49.7 Å². The van der Waals surface area contributed by atoms with Crippen LogP contribution >= 0.6 is 0 Å². The minimum Gasteiger partial charge on any atom is -0.477 e. The van der Waals surface area contributed by atoms with Gasteiger partial charge in [0, 0.05) is 36.4 Å². The highest BCUT2D eigenvalue weighted by Crippen LogP contribution is 2.31. The highest BCUT2D eigenvalue weighted by molar-refractivity contribution is 7.93. The van der Waals surface area contributed by atoms with Crippen molar-refractivity contribution in [3.63, 3.8) is 0 Å². The van der Waals surface area contributed by atoms with Crippen molar-refractivity contribution < 1.29 is 13.7 Å². The molecule has 1 amide bonds. The minimum absolute atomic E-state index is 0.277. The lowest BCUT2D eigenvalue weighted by atomic mass is 10.1. The summed E-state index contributed by atoms with van der Waals surface area (Å²) in [7, 11) is -0.473. The number of ether oxygens (including phenoxy) is 1. The maximum absolute atomic E-state index is 13.5. The van der Waals surface area contributed by atoms with Gasteiger partial charge in [0.05, 0.1) is 50.5 Å². The van der Waals surface area contributed by atoms with Gasteiger partial charge < -0.3 is 9.30 Å². The third kappa shape index (κ3) is 5.54. The largest absolute Gasteiger partial charge is 0.477 e. The predicted molar refractivity (Wildman–Crippen MR) is 154 cm³/mol. The van der Waals surface area contributed by atoms with Gasteiger partial charge in [0.1, 0.15) is 0 Å². The zero-order valence-corrected chi connectivity index (χ0v) is 23.9. The molecule has 0 saturated heterocycles. The molecule has 1 unspecified atom stereocenters. The fourth-order valence-corrected chi connectivity index (χ4v) is 6.03. The monoisotopic (exact) mass is 549 g/mol. The third-order valence-corrected chi connectivity index (χ3v) is 9.43. The predicted octanol–water partition coefficient (Wildman–Crippen LogP) is 5.34. The molecule has 2 bridgehead atoms. The number of carbonyl (C=O) groups excluding carboxylic acids is 1. The summed E-state index contributed by atoms with van der Waals surface area (Å²) in [6, 6.07) is 9.15. The van der Waals surface area contributed by atoms with E-state index in [0.29, 0.717) is 59.1 Å². The molecule has 0 aliphatic carbocycles. The van der Waals surface area contributed by atoms with E-state index in [1.54, 1.807) is 23.0 Å². The van der Waals surface area contributed by atoms with Gasteiger partial charge in [0.2, 0.25) is 11.8 Å². The van der Waals surface area contributed by atoms with Crippen LogP contribution in [-0.4, -0.2) is 52.5 Å². The molecule has 1 N–H and O–H groups in total.